The number of aliphatic hydroxyl groups excluding tert-OH is 1. The zero-order valence-electron chi connectivity index (χ0n) is 15.1. The monoisotopic (exact) mass is 374 g/mol. The highest BCUT2D eigenvalue weighted by molar-refractivity contribution is 7.91. The summed E-state index contributed by atoms with van der Waals surface area (Å²) in [4.78, 5) is 2.19. The maximum atomic E-state index is 11.5. The van der Waals surface area contributed by atoms with E-state index in [1.54, 1.807) is 0 Å². The molecule has 140 valence electrons. The van der Waals surface area contributed by atoms with Crippen LogP contribution in [0.3, 0.4) is 0 Å². The molecule has 1 heterocycles. The summed E-state index contributed by atoms with van der Waals surface area (Å²) in [7, 11) is -1.01. The first-order valence-electron chi connectivity index (χ1n) is 8.91. The highest BCUT2D eigenvalue weighted by atomic mass is 32.2. The average Bonchev–Trinajstić information content (AvgIpc) is 2.64. The van der Waals surface area contributed by atoms with Gasteiger partial charge in [-0.25, -0.2) is 8.42 Å². The molecule has 1 fully saturated rings. The van der Waals surface area contributed by atoms with Gasteiger partial charge in [0, 0.05) is 26.2 Å². The molecule has 0 spiro atoms. The Morgan fingerprint density at radius 1 is 1.08 bits per heavy atom. The minimum Gasteiger partial charge on any atom is -0.387 e. The van der Waals surface area contributed by atoms with Crippen LogP contribution in [0.15, 0.2) is 48.5 Å². The first-order chi connectivity index (χ1) is 12.5. The average molecular weight is 375 g/mol. The normalized spacial score (nSPS) is 18.5. The molecule has 0 radical (unpaired) electrons. The van der Waals surface area contributed by atoms with E-state index >= 15 is 0 Å². The number of hydrogen-bond donors (Lipinski definition) is 2. The fraction of sp³-hybridized carbons (Fsp3) is 0.400. The topological polar surface area (TPSA) is 69.6 Å². The van der Waals surface area contributed by atoms with Crippen molar-refractivity contribution in [3.63, 3.8) is 0 Å². The van der Waals surface area contributed by atoms with Crippen molar-refractivity contribution >= 4 is 9.84 Å². The molecule has 5 nitrogen and oxygen atoms in total. The van der Waals surface area contributed by atoms with Crippen LogP contribution in [-0.4, -0.2) is 56.6 Å². The largest absolute Gasteiger partial charge is 0.387 e. The van der Waals surface area contributed by atoms with E-state index in [0.29, 0.717) is 19.6 Å². The second-order valence-corrected chi connectivity index (χ2v) is 9.13. The van der Waals surface area contributed by atoms with Crippen molar-refractivity contribution in [3.05, 3.63) is 59.7 Å². The summed E-state index contributed by atoms with van der Waals surface area (Å²) in [6, 6.07) is 16.3. The lowest BCUT2D eigenvalue weighted by Crippen LogP contribution is -2.39. The van der Waals surface area contributed by atoms with Gasteiger partial charge in [0.1, 0.15) is 0 Å². The number of benzene rings is 2. The summed E-state index contributed by atoms with van der Waals surface area (Å²) in [5, 5.41) is 13.1. The fourth-order valence-corrected chi connectivity index (χ4v) is 4.48. The first-order valence-corrected chi connectivity index (χ1v) is 10.7. The van der Waals surface area contributed by atoms with E-state index < -0.39 is 15.9 Å². The highest BCUT2D eigenvalue weighted by Gasteiger charge is 2.21. The molecule has 1 aliphatic rings. The van der Waals surface area contributed by atoms with E-state index in [9.17, 15) is 13.5 Å². The summed E-state index contributed by atoms with van der Waals surface area (Å²) in [6.45, 7) is 2.51. The SMILES string of the molecule is CNCC(O)c1cccc(-c2ccc(CN3CCS(=O)(=O)CC3)cc2)c1. The molecule has 0 aliphatic carbocycles. The lowest BCUT2D eigenvalue weighted by Gasteiger charge is -2.26. The lowest BCUT2D eigenvalue weighted by atomic mass is 9.99. The van der Waals surface area contributed by atoms with E-state index in [2.05, 4.69) is 34.5 Å². The Kier molecular flexibility index (Phi) is 6.09. The standard InChI is InChI=1S/C20H26N2O3S/c1-21-14-20(23)19-4-2-3-18(13-19)17-7-5-16(6-8-17)15-22-9-11-26(24,25)12-10-22/h2-8,13,20-21,23H,9-12,14-15H2,1H3. The Bertz CT molecular complexity index is 820. The van der Waals surface area contributed by atoms with Crippen LogP contribution in [0.1, 0.15) is 17.2 Å². The molecule has 1 saturated heterocycles. The van der Waals surface area contributed by atoms with Crippen LogP contribution in [0.25, 0.3) is 11.1 Å². The van der Waals surface area contributed by atoms with E-state index in [0.717, 1.165) is 23.2 Å². The van der Waals surface area contributed by atoms with Gasteiger partial charge < -0.3 is 10.4 Å². The fourth-order valence-electron chi connectivity index (χ4n) is 3.21. The summed E-state index contributed by atoms with van der Waals surface area (Å²) in [5.41, 5.74) is 4.26. The maximum Gasteiger partial charge on any atom is 0.152 e. The molecule has 1 aliphatic heterocycles. The Morgan fingerprint density at radius 2 is 1.77 bits per heavy atom. The second-order valence-electron chi connectivity index (χ2n) is 6.82. The van der Waals surface area contributed by atoms with Gasteiger partial charge in [-0.15, -0.1) is 0 Å². The van der Waals surface area contributed by atoms with E-state index in [4.69, 9.17) is 0 Å². The van der Waals surface area contributed by atoms with Crippen molar-refractivity contribution in [1.29, 1.82) is 0 Å². The molecule has 1 unspecified atom stereocenters. The third-order valence-corrected chi connectivity index (χ3v) is 6.41. The highest BCUT2D eigenvalue weighted by Crippen LogP contribution is 2.24. The van der Waals surface area contributed by atoms with E-state index in [-0.39, 0.29) is 11.5 Å². The number of likely N-dealkylation sites (N-methyl/N-ethyl adjacent to an activating group) is 1. The third-order valence-electron chi connectivity index (χ3n) is 4.80. The van der Waals surface area contributed by atoms with Crippen LogP contribution in [0.5, 0.6) is 0 Å². The van der Waals surface area contributed by atoms with Gasteiger partial charge in [-0.1, -0.05) is 42.5 Å². The van der Waals surface area contributed by atoms with Gasteiger partial charge in [-0.2, -0.15) is 0 Å². The van der Waals surface area contributed by atoms with Crippen molar-refractivity contribution in [1.82, 2.24) is 10.2 Å². The van der Waals surface area contributed by atoms with Crippen molar-refractivity contribution < 1.29 is 13.5 Å². The first kappa shape index (κ1) is 19.0. The van der Waals surface area contributed by atoms with Gasteiger partial charge in [0.05, 0.1) is 17.6 Å². The quantitative estimate of drug-likeness (QED) is 0.807. The molecular formula is C20H26N2O3S. The number of aliphatic hydroxyl groups is 1. The summed E-state index contributed by atoms with van der Waals surface area (Å²) in [5.74, 6) is 0.514. The third kappa shape index (κ3) is 4.92. The molecule has 0 saturated carbocycles. The van der Waals surface area contributed by atoms with Gasteiger partial charge in [-0.3, -0.25) is 4.90 Å². The molecule has 0 bridgehead atoms. The molecule has 26 heavy (non-hydrogen) atoms. The molecule has 0 aromatic heterocycles. The smallest absolute Gasteiger partial charge is 0.152 e. The number of sulfone groups is 1. The zero-order valence-corrected chi connectivity index (χ0v) is 15.9. The van der Waals surface area contributed by atoms with Gasteiger partial charge in [0.25, 0.3) is 0 Å². The zero-order chi connectivity index (χ0) is 18.6. The number of nitrogens with one attached hydrogen (secondary N) is 1. The van der Waals surface area contributed by atoms with Crippen molar-refractivity contribution in [2.75, 3.05) is 38.2 Å². The van der Waals surface area contributed by atoms with E-state index in [1.807, 2.05) is 31.3 Å². The van der Waals surface area contributed by atoms with Crippen LogP contribution in [-0.2, 0) is 16.4 Å². The molecule has 0 amide bonds. The Hall–Kier alpha value is -1.73. The minimum atomic E-state index is -2.83. The van der Waals surface area contributed by atoms with Crippen LogP contribution < -0.4 is 5.32 Å². The number of hydrogen-bond acceptors (Lipinski definition) is 5. The Morgan fingerprint density at radius 3 is 2.42 bits per heavy atom. The van der Waals surface area contributed by atoms with Crippen LogP contribution in [0.4, 0.5) is 0 Å². The minimum absolute atomic E-state index is 0.257. The number of nitrogens with zero attached hydrogens (tertiary/aromatic N) is 1. The molecular weight excluding hydrogens is 348 g/mol. The Balaban J connectivity index is 1.67. The molecule has 3 rings (SSSR count). The van der Waals surface area contributed by atoms with Gasteiger partial charge in [0.2, 0.25) is 0 Å². The van der Waals surface area contributed by atoms with Crippen molar-refractivity contribution in [3.8, 4) is 11.1 Å². The van der Waals surface area contributed by atoms with E-state index in [1.165, 1.54) is 5.56 Å². The predicted octanol–water partition coefficient (Wildman–Crippen LogP) is 1.84. The summed E-state index contributed by atoms with van der Waals surface area (Å²) < 4.78 is 23.0. The number of rotatable bonds is 6. The molecule has 2 aromatic carbocycles. The second kappa shape index (κ2) is 8.31. The van der Waals surface area contributed by atoms with Crippen molar-refractivity contribution in [2.45, 2.75) is 12.6 Å². The van der Waals surface area contributed by atoms with Gasteiger partial charge in [0.15, 0.2) is 9.84 Å². The predicted molar refractivity (Wildman–Crippen MR) is 105 cm³/mol. The lowest BCUT2D eigenvalue weighted by molar-refractivity contribution is 0.178. The van der Waals surface area contributed by atoms with Gasteiger partial charge in [-0.05, 0) is 35.4 Å². The molecule has 2 aromatic rings. The van der Waals surface area contributed by atoms with Crippen molar-refractivity contribution in [2.24, 2.45) is 0 Å². The molecule has 1 atom stereocenters. The molecule has 2 N–H and O–H groups in total. The summed E-state index contributed by atoms with van der Waals surface area (Å²) in [6.07, 6.45) is -0.519. The maximum absolute atomic E-state index is 11.5. The Labute approximate surface area is 155 Å². The van der Waals surface area contributed by atoms with Crippen LogP contribution in [0.2, 0.25) is 0 Å². The van der Waals surface area contributed by atoms with Gasteiger partial charge >= 0.3 is 0 Å². The summed E-state index contributed by atoms with van der Waals surface area (Å²) >= 11 is 0. The van der Waals surface area contributed by atoms with Crippen LogP contribution >= 0.6 is 0 Å². The molecule has 6 heteroatoms. The van der Waals surface area contributed by atoms with Crippen LogP contribution in [0, 0.1) is 0 Å².